The molecule has 1 unspecified atom stereocenters. The largest absolute Gasteiger partial charge is 0.466 e. The van der Waals surface area contributed by atoms with Gasteiger partial charge in [-0.1, -0.05) is 13.8 Å². The minimum absolute atomic E-state index is 0.0605. The van der Waals surface area contributed by atoms with Crippen molar-refractivity contribution in [1.82, 2.24) is 10.6 Å². The molecule has 6 nitrogen and oxygen atoms in total. The fourth-order valence-corrected chi connectivity index (χ4v) is 2.78. The first-order chi connectivity index (χ1) is 9.80. The maximum absolute atomic E-state index is 11.9. The average molecular weight is 294 g/mol. The van der Waals surface area contributed by atoms with Crippen LogP contribution in [-0.4, -0.2) is 25.7 Å². The number of furan rings is 1. The molecule has 0 fully saturated rings. The van der Waals surface area contributed by atoms with Crippen LogP contribution >= 0.6 is 0 Å². The van der Waals surface area contributed by atoms with E-state index in [4.69, 9.17) is 4.42 Å². The van der Waals surface area contributed by atoms with Crippen LogP contribution in [0.4, 0.5) is 4.79 Å². The zero-order valence-corrected chi connectivity index (χ0v) is 12.9. The molecular formula is C15H22N2O4. The normalized spacial score (nSPS) is 19.5. The van der Waals surface area contributed by atoms with E-state index in [1.54, 1.807) is 0 Å². The van der Waals surface area contributed by atoms with Crippen molar-refractivity contribution >= 4 is 12.0 Å². The standard InChI is InChI=1S/C15H22N2O4/c1-9-5-10-11(6-15(2,3)7-12(10)21-9)17-13(18)8-16-14(19)20-4/h5,11H,6-8H2,1-4H3,(H,16,19)(H,17,18). The molecule has 0 radical (unpaired) electrons. The first kappa shape index (κ1) is 15.4. The summed E-state index contributed by atoms with van der Waals surface area (Å²) < 4.78 is 10.2. The number of rotatable bonds is 3. The Hall–Kier alpha value is -1.98. The molecule has 1 aliphatic rings. The van der Waals surface area contributed by atoms with Gasteiger partial charge in [0.1, 0.15) is 18.1 Å². The van der Waals surface area contributed by atoms with Crippen LogP contribution in [-0.2, 0) is 16.0 Å². The van der Waals surface area contributed by atoms with Gasteiger partial charge in [-0.05, 0) is 24.8 Å². The number of amides is 2. The van der Waals surface area contributed by atoms with Gasteiger partial charge >= 0.3 is 6.09 Å². The van der Waals surface area contributed by atoms with Gasteiger partial charge in [0.05, 0.1) is 13.2 Å². The fraction of sp³-hybridized carbons (Fsp3) is 0.600. The molecule has 0 aromatic carbocycles. The van der Waals surface area contributed by atoms with Crippen LogP contribution in [0.25, 0.3) is 0 Å². The summed E-state index contributed by atoms with van der Waals surface area (Å²) in [6.45, 7) is 6.11. The fourth-order valence-electron chi connectivity index (χ4n) is 2.78. The number of nitrogens with one attached hydrogen (secondary N) is 2. The van der Waals surface area contributed by atoms with E-state index in [1.807, 2.05) is 13.0 Å². The quantitative estimate of drug-likeness (QED) is 0.894. The highest BCUT2D eigenvalue weighted by molar-refractivity contribution is 5.82. The molecule has 0 bridgehead atoms. The molecule has 1 aromatic heterocycles. The van der Waals surface area contributed by atoms with Gasteiger partial charge in [0, 0.05) is 12.0 Å². The Morgan fingerprint density at radius 3 is 2.86 bits per heavy atom. The van der Waals surface area contributed by atoms with Gasteiger partial charge in [-0.15, -0.1) is 0 Å². The molecule has 0 saturated heterocycles. The number of aryl methyl sites for hydroxylation is 1. The molecule has 1 atom stereocenters. The lowest BCUT2D eigenvalue weighted by atomic mass is 9.74. The third kappa shape index (κ3) is 3.77. The minimum atomic E-state index is -0.617. The monoisotopic (exact) mass is 294 g/mol. The van der Waals surface area contributed by atoms with Crippen molar-refractivity contribution in [3.8, 4) is 0 Å². The van der Waals surface area contributed by atoms with Crippen LogP contribution in [0.5, 0.6) is 0 Å². The Bertz CT molecular complexity index is 548. The Balaban J connectivity index is 2.05. The number of hydrogen-bond acceptors (Lipinski definition) is 4. The molecule has 0 saturated carbocycles. The molecule has 2 rings (SSSR count). The first-order valence-electron chi connectivity index (χ1n) is 7.01. The molecule has 0 spiro atoms. The third-order valence-corrected chi connectivity index (χ3v) is 3.65. The van der Waals surface area contributed by atoms with E-state index in [-0.39, 0.29) is 23.9 Å². The Labute approximate surface area is 124 Å². The summed E-state index contributed by atoms with van der Waals surface area (Å²) >= 11 is 0. The Kier molecular flexibility index (Phi) is 4.25. The van der Waals surface area contributed by atoms with Crippen molar-refractivity contribution in [2.75, 3.05) is 13.7 Å². The number of carbonyl (C=O) groups excluding carboxylic acids is 2. The minimum Gasteiger partial charge on any atom is -0.466 e. The second kappa shape index (κ2) is 5.79. The summed E-state index contributed by atoms with van der Waals surface area (Å²) in [7, 11) is 1.26. The highest BCUT2D eigenvalue weighted by Crippen LogP contribution is 2.41. The smallest absolute Gasteiger partial charge is 0.407 e. The first-order valence-corrected chi connectivity index (χ1v) is 7.01. The van der Waals surface area contributed by atoms with Crippen molar-refractivity contribution in [2.24, 2.45) is 5.41 Å². The van der Waals surface area contributed by atoms with E-state index in [0.717, 1.165) is 29.9 Å². The van der Waals surface area contributed by atoms with Crippen molar-refractivity contribution in [1.29, 1.82) is 0 Å². The molecule has 6 heteroatoms. The molecule has 0 aliphatic heterocycles. The van der Waals surface area contributed by atoms with Gasteiger partial charge in [-0.3, -0.25) is 4.79 Å². The van der Waals surface area contributed by atoms with Gasteiger partial charge in [-0.2, -0.15) is 0 Å². The summed E-state index contributed by atoms with van der Waals surface area (Å²) in [5.74, 6) is 1.55. The zero-order valence-electron chi connectivity index (χ0n) is 12.9. The number of fused-ring (bicyclic) bond motifs is 1. The van der Waals surface area contributed by atoms with Gasteiger partial charge in [-0.25, -0.2) is 4.79 Å². The maximum atomic E-state index is 11.9. The Morgan fingerprint density at radius 2 is 2.19 bits per heavy atom. The van der Waals surface area contributed by atoms with Crippen molar-refractivity contribution in [3.63, 3.8) is 0 Å². The van der Waals surface area contributed by atoms with E-state index in [1.165, 1.54) is 7.11 Å². The number of hydrogen-bond donors (Lipinski definition) is 2. The van der Waals surface area contributed by atoms with Crippen LogP contribution in [0.1, 0.15) is 43.4 Å². The third-order valence-electron chi connectivity index (χ3n) is 3.65. The van der Waals surface area contributed by atoms with Crippen LogP contribution < -0.4 is 10.6 Å². The van der Waals surface area contributed by atoms with E-state index < -0.39 is 6.09 Å². The summed E-state index contributed by atoms with van der Waals surface area (Å²) in [6, 6.07) is 1.89. The summed E-state index contributed by atoms with van der Waals surface area (Å²) in [6.07, 6.45) is 1.08. The van der Waals surface area contributed by atoms with E-state index >= 15 is 0 Å². The second-order valence-corrected chi connectivity index (χ2v) is 6.25. The Morgan fingerprint density at radius 1 is 1.48 bits per heavy atom. The van der Waals surface area contributed by atoms with Gasteiger partial charge < -0.3 is 19.8 Å². The number of ether oxygens (including phenoxy) is 1. The highest BCUT2D eigenvalue weighted by atomic mass is 16.5. The summed E-state index contributed by atoms with van der Waals surface area (Å²) in [5.41, 5.74) is 1.10. The number of carbonyl (C=O) groups is 2. The van der Waals surface area contributed by atoms with E-state index in [9.17, 15) is 9.59 Å². The molecule has 1 aromatic rings. The van der Waals surface area contributed by atoms with Crippen molar-refractivity contribution < 1.29 is 18.7 Å². The maximum Gasteiger partial charge on any atom is 0.407 e. The number of methoxy groups -OCH3 is 1. The lowest BCUT2D eigenvalue weighted by Gasteiger charge is -2.34. The SMILES string of the molecule is COC(=O)NCC(=O)NC1CC(C)(C)Cc2oc(C)cc21. The molecule has 2 amide bonds. The predicted molar refractivity (Wildman–Crippen MR) is 76.8 cm³/mol. The van der Waals surface area contributed by atoms with E-state index in [0.29, 0.717) is 0 Å². The second-order valence-electron chi connectivity index (χ2n) is 6.25. The molecule has 1 heterocycles. The van der Waals surface area contributed by atoms with Crippen molar-refractivity contribution in [3.05, 3.63) is 23.2 Å². The average Bonchev–Trinajstić information content (AvgIpc) is 2.74. The predicted octanol–water partition coefficient (Wildman–Crippen LogP) is 2.07. The molecule has 2 N–H and O–H groups in total. The molecule has 1 aliphatic carbocycles. The zero-order chi connectivity index (χ0) is 15.6. The van der Waals surface area contributed by atoms with Crippen LogP contribution in [0.2, 0.25) is 0 Å². The van der Waals surface area contributed by atoms with E-state index in [2.05, 4.69) is 29.2 Å². The van der Waals surface area contributed by atoms with Gasteiger partial charge in [0.15, 0.2) is 0 Å². The van der Waals surface area contributed by atoms with Crippen LogP contribution in [0.15, 0.2) is 10.5 Å². The lowest BCUT2D eigenvalue weighted by Crippen LogP contribution is -2.41. The highest BCUT2D eigenvalue weighted by Gasteiger charge is 2.35. The topological polar surface area (TPSA) is 80.6 Å². The molecule has 21 heavy (non-hydrogen) atoms. The van der Waals surface area contributed by atoms with Gasteiger partial charge in [0.2, 0.25) is 5.91 Å². The van der Waals surface area contributed by atoms with Crippen molar-refractivity contribution in [2.45, 2.75) is 39.7 Å². The molecular weight excluding hydrogens is 272 g/mol. The summed E-state index contributed by atoms with van der Waals surface area (Å²) in [4.78, 5) is 22.9. The molecule has 116 valence electrons. The summed E-state index contributed by atoms with van der Waals surface area (Å²) in [5, 5.41) is 5.33. The van der Waals surface area contributed by atoms with Gasteiger partial charge in [0.25, 0.3) is 0 Å². The van der Waals surface area contributed by atoms with Crippen LogP contribution in [0.3, 0.4) is 0 Å². The van der Waals surface area contributed by atoms with Crippen LogP contribution in [0, 0.1) is 12.3 Å². The lowest BCUT2D eigenvalue weighted by molar-refractivity contribution is -0.121. The number of alkyl carbamates (subject to hydrolysis) is 1.